The van der Waals surface area contributed by atoms with Gasteiger partial charge in [0.2, 0.25) is 0 Å². The third-order valence-corrected chi connectivity index (χ3v) is 7.63. The Morgan fingerprint density at radius 1 is 0.977 bits per heavy atom. The zero-order chi connectivity index (χ0) is 30.5. The number of para-hydroxylation sites is 1. The van der Waals surface area contributed by atoms with Gasteiger partial charge in [-0.3, -0.25) is 23.9 Å². The molecule has 0 spiro atoms. The van der Waals surface area contributed by atoms with E-state index in [2.05, 4.69) is 20.6 Å². The third kappa shape index (κ3) is 5.11. The van der Waals surface area contributed by atoms with E-state index in [1.54, 1.807) is 56.4 Å². The minimum absolute atomic E-state index is 0.0240. The van der Waals surface area contributed by atoms with Gasteiger partial charge < -0.3 is 9.79 Å². The smallest absolute Gasteiger partial charge is 0.303 e. The van der Waals surface area contributed by atoms with Gasteiger partial charge in [-0.15, -0.1) is 0 Å². The maximum atomic E-state index is 13.9. The van der Waals surface area contributed by atoms with E-state index in [1.807, 2.05) is 30.3 Å². The van der Waals surface area contributed by atoms with Crippen LogP contribution in [0.3, 0.4) is 0 Å². The molecule has 43 heavy (non-hydrogen) atoms. The van der Waals surface area contributed by atoms with Crippen LogP contribution in [0.2, 0.25) is 0 Å². The van der Waals surface area contributed by atoms with Gasteiger partial charge in [0.05, 0.1) is 44.8 Å². The lowest BCUT2D eigenvalue weighted by Gasteiger charge is -2.18. The van der Waals surface area contributed by atoms with Crippen molar-refractivity contribution in [1.29, 1.82) is 5.26 Å². The normalized spacial score (nSPS) is 12.2. The molecule has 12 nitrogen and oxygen atoms in total. The summed E-state index contributed by atoms with van der Waals surface area (Å²) >= 11 is 0. The molecule has 6 aromatic rings. The number of rotatable bonds is 6. The quantitative estimate of drug-likeness (QED) is 0.210. The first-order chi connectivity index (χ1) is 20.5. The van der Waals surface area contributed by atoms with Crippen molar-refractivity contribution in [3.63, 3.8) is 0 Å². The molecule has 0 unspecified atom stereocenters. The van der Waals surface area contributed by atoms with Crippen LogP contribution >= 0.6 is 7.82 Å². The Balaban J connectivity index is 1.65. The number of hydrogen-bond acceptors (Lipinski definition) is 8. The van der Waals surface area contributed by atoms with E-state index in [9.17, 15) is 29.2 Å². The highest BCUT2D eigenvalue weighted by Gasteiger charge is 2.23. The number of nitrogens with zero attached hydrogens (tertiary/aromatic N) is 6. The Morgan fingerprint density at radius 3 is 2.42 bits per heavy atom. The molecule has 13 heteroatoms. The van der Waals surface area contributed by atoms with E-state index in [0.29, 0.717) is 32.6 Å². The Labute approximate surface area is 243 Å². The summed E-state index contributed by atoms with van der Waals surface area (Å²) in [5.74, 6) is 0. The van der Waals surface area contributed by atoms with Crippen molar-refractivity contribution < 1.29 is 18.9 Å². The molecule has 214 valence electrons. The molecule has 4 aromatic heterocycles. The number of phosphoric acid groups is 1. The fourth-order valence-corrected chi connectivity index (χ4v) is 5.10. The largest absolute Gasteiger partial charge is 0.471 e. The maximum Gasteiger partial charge on any atom is 0.471 e. The first kappa shape index (κ1) is 28.1. The van der Waals surface area contributed by atoms with Crippen LogP contribution in [0, 0.1) is 11.3 Å². The fraction of sp³-hybridized carbons (Fsp3) is 0.133. The molecule has 0 bridgehead atoms. The van der Waals surface area contributed by atoms with Crippen molar-refractivity contribution in [2.24, 2.45) is 0 Å². The zero-order valence-corrected chi connectivity index (χ0v) is 23.8. The summed E-state index contributed by atoms with van der Waals surface area (Å²) in [5.41, 5.74) is 1.30. The predicted octanol–water partition coefficient (Wildman–Crippen LogP) is 4.18. The molecular weight excluding hydrogens is 571 g/mol. The second kappa shape index (κ2) is 10.3. The van der Waals surface area contributed by atoms with E-state index in [1.165, 1.54) is 10.8 Å². The molecule has 0 aliphatic carbocycles. The Morgan fingerprint density at radius 2 is 1.70 bits per heavy atom. The van der Waals surface area contributed by atoms with Crippen LogP contribution in [0.5, 0.6) is 0 Å². The monoisotopic (exact) mass is 594 g/mol. The molecule has 0 aliphatic heterocycles. The highest BCUT2D eigenvalue weighted by molar-refractivity contribution is 7.46. The highest BCUT2D eigenvalue weighted by atomic mass is 31.2. The summed E-state index contributed by atoms with van der Waals surface area (Å²) in [7, 11) is -5.02. The Hall–Kier alpha value is -5.05. The summed E-state index contributed by atoms with van der Waals surface area (Å²) in [6.07, 6.45) is 2.97. The van der Waals surface area contributed by atoms with E-state index < -0.39 is 31.2 Å². The van der Waals surface area contributed by atoms with Crippen molar-refractivity contribution in [3.05, 3.63) is 106 Å². The maximum absolute atomic E-state index is 13.9. The van der Waals surface area contributed by atoms with Gasteiger partial charge >= 0.3 is 13.5 Å². The Bertz CT molecular complexity index is 2280. The minimum atomic E-state index is -5.02. The van der Waals surface area contributed by atoms with E-state index in [4.69, 9.17) is 4.98 Å². The second-order valence-electron chi connectivity index (χ2n) is 10.4. The van der Waals surface area contributed by atoms with Crippen LogP contribution in [0.4, 0.5) is 0 Å². The van der Waals surface area contributed by atoms with Gasteiger partial charge in [-0.25, -0.2) is 18.9 Å². The SMILES string of the molecule is CC(C)(C#N)c1ccc(-n2c(=O)n(COP(=O)(O)O)c(=O)c3cnc4ccc(-c5cnc6ccccc6c5)nc4c32)cc1. The number of fused-ring (bicyclic) bond motifs is 4. The number of aromatic nitrogens is 5. The summed E-state index contributed by atoms with van der Waals surface area (Å²) in [6, 6.07) is 21.9. The summed E-state index contributed by atoms with van der Waals surface area (Å²) in [6.45, 7) is 2.52. The average Bonchev–Trinajstić information content (AvgIpc) is 3.00. The summed E-state index contributed by atoms with van der Waals surface area (Å²) in [4.78, 5) is 59.6. The molecule has 0 fully saturated rings. The van der Waals surface area contributed by atoms with E-state index in [0.717, 1.165) is 10.9 Å². The Kier molecular flexibility index (Phi) is 6.76. The second-order valence-corrected chi connectivity index (χ2v) is 11.6. The minimum Gasteiger partial charge on any atom is -0.303 e. The predicted molar refractivity (Wildman–Crippen MR) is 159 cm³/mol. The van der Waals surface area contributed by atoms with Crippen LogP contribution in [0.25, 0.3) is 49.8 Å². The van der Waals surface area contributed by atoms with Crippen LogP contribution in [-0.2, 0) is 21.2 Å². The molecule has 0 radical (unpaired) electrons. The van der Waals surface area contributed by atoms with Gasteiger partial charge in [0.1, 0.15) is 12.2 Å². The van der Waals surface area contributed by atoms with Crippen LogP contribution in [0.1, 0.15) is 19.4 Å². The molecule has 0 saturated heterocycles. The van der Waals surface area contributed by atoms with Gasteiger partial charge in [0.25, 0.3) is 5.56 Å². The average molecular weight is 595 g/mol. The third-order valence-electron chi connectivity index (χ3n) is 7.18. The number of benzene rings is 2. The number of phosphoric ester groups is 1. The van der Waals surface area contributed by atoms with E-state index in [-0.39, 0.29) is 16.4 Å². The van der Waals surface area contributed by atoms with Gasteiger partial charge in [-0.05, 0) is 55.8 Å². The molecule has 0 amide bonds. The van der Waals surface area contributed by atoms with Crippen molar-refractivity contribution in [2.45, 2.75) is 26.0 Å². The standard InChI is InChI=1S/C30H23N6O6P/c1-30(2,16-31)20-7-9-21(10-8-20)36-27-22(28(37)35(29(36)38)17-42-43(39,40)41)15-33-25-12-11-24(34-26(25)27)19-13-18-5-3-4-6-23(18)32-14-19/h3-15H,17H2,1-2H3,(H2,39,40,41). The van der Waals surface area contributed by atoms with Crippen molar-refractivity contribution in [2.75, 3.05) is 0 Å². The number of nitriles is 1. The molecule has 0 atom stereocenters. The van der Waals surface area contributed by atoms with Gasteiger partial charge in [0, 0.05) is 23.3 Å². The van der Waals surface area contributed by atoms with Crippen molar-refractivity contribution >= 4 is 40.7 Å². The number of hydrogen-bond donors (Lipinski definition) is 2. The van der Waals surface area contributed by atoms with Crippen LogP contribution < -0.4 is 11.2 Å². The molecule has 6 rings (SSSR count). The molecular formula is C30H23N6O6P. The van der Waals surface area contributed by atoms with Crippen LogP contribution in [-0.4, -0.2) is 33.9 Å². The lowest BCUT2D eigenvalue weighted by molar-refractivity contribution is 0.148. The molecule has 0 saturated carbocycles. The van der Waals surface area contributed by atoms with Crippen LogP contribution in [0.15, 0.2) is 88.7 Å². The molecule has 2 aromatic carbocycles. The number of pyridine rings is 3. The van der Waals surface area contributed by atoms with Gasteiger partial charge in [-0.2, -0.15) is 5.26 Å². The summed E-state index contributed by atoms with van der Waals surface area (Å²) in [5, 5.41) is 10.4. The topological polar surface area (TPSA) is 173 Å². The van der Waals surface area contributed by atoms with Gasteiger partial charge in [-0.1, -0.05) is 30.3 Å². The first-order valence-electron chi connectivity index (χ1n) is 13.0. The lowest BCUT2D eigenvalue weighted by Crippen LogP contribution is -2.40. The van der Waals surface area contributed by atoms with Gasteiger partial charge in [0.15, 0.2) is 0 Å². The molecule has 0 aliphatic rings. The fourth-order valence-electron chi connectivity index (χ4n) is 4.83. The lowest BCUT2D eigenvalue weighted by atomic mass is 9.86. The van der Waals surface area contributed by atoms with Crippen molar-refractivity contribution in [3.8, 4) is 23.0 Å². The highest BCUT2D eigenvalue weighted by Crippen LogP contribution is 2.36. The molecule has 4 heterocycles. The molecule has 2 N–H and O–H groups in total. The first-order valence-corrected chi connectivity index (χ1v) is 14.5. The van der Waals surface area contributed by atoms with Crippen molar-refractivity contribution in [1.82, 2.24) is 24.1 Å². The van der Waals surface area contributed by atoms with E-state index >= 15 is 0 Å². The summed E-state index contributed by atoms with van der Waals surface area (Å²) < 4.78 is 17.8. The zero-order valence-electron chi connectivity index (χ0n) is 22.9.